The Morgan fingerprint density at radius 1 is 1.61 bits per heavy atom. The first-order chi connectivity index (χ1) is 8.36. The van der Waals surface area contributed by atoms with Gasteiger partial charge in [0.15, 0.2) is 0 Å². The van der Waals surface area contributed by atoms with Crippen molar-refractivity contribution >= 4 is 43.5 Å². The van der Waals surface area contributed by atoms with E-state index in [-0.39, 0.29) is 16.7 Å². The Labute approximate surface area is 118 Å². The number of hydrogen-bond acceptors (Lipinski definition) is 5. The molecule has 0 saturated heterocycles. The Morgan fingerprint density at radius 2 is 2.28 bits per heavy atom. The molecule has 0 atom stereocenters. The fourth-order valence-electron chi connectivity index (χ4n) is 1.04. The number of aromatic nitrogens is 1. The van der Waals surface area contributed by atoms with Gasteiger partial charge in [-0.1, -0.05) is 11.6 Å². The fraction of sp³-hybridized carbons (Fsp3) is 0.333. The highest BCUT2D eigenvalue weighted by molar-refractivity contribution is 9.10. The summed E-state index contributed by atoms with van der Waals surface area (Å²) in [5.41, 5.74) is 0. The van der Waals surface area contributed by atoms with Crippen molar-refractivity contribution in [3.8, 4) is 0 Å². The highest BCUT2D eigenvalue weighted by Crippen LogP contribution is 2.22. The van der Waals surface area contributed by atoms with Gasteiger partial charge in [0.1, 0.15) is 16.6 Å². The minimum Gasteiger partial charge on any atom is -0.465 e. The number of rotatable bonds is 5. The molecular formula is C9H10BrClN2O4S. The van der Waals surface area contributed by atoms with Gasteiger partial charge in [0.05, 0.1) is 6.61 Å². The molecule has 0 spiro atoms. The molecule has 1 aromatic rings. The molecule has 0 unspecified atom stereocenters. The number of nitrogens with one attached hydrogen (secondary N) is 1. The maximum Gasteiger partial charge on any atom is 0.321 e. The van der Waals surface area contributed by atoms with Gasteiger partial charge < -0.3 is 4.74 Å². The predicted molar refractivity (Wildman–Crippen MR) is 68.8 cm³/mol. The molecule has 18 heavy (non-hydrogen) atoms. The lowest BCUT2D eigenvalue weighted by Gasteiger charge is -2.07. The van der Waals surface area contributed by atoms with Crippen molar-refractivity contribution in [2.45, 2.75) is 11.8 Å². The Bertz CT molecular complexity index is 549. The van der Waals surface area contributed by atoms with Gasteiger partial charge in [-0.15, -0.1) is 0 Å². The second-order valence-corrected chi connectivity index (χ2v) is 6.08. The summed E-state index contributed by atoms with van der Waals surface area (Å²) in [7, 11) is -3.90. The molecular weight excluding hydrogens is 348 g/mol. The van der Waals surface area contributed by atoms with Crippen LogP contribution >= 0.6 is 27.5 Å². The zero-order valence-electron chi connectivity index (χ0n) is 9.31. The van der Waals surface area contributed by atoms with Gasteiger partial charge in [-0.2, -0.15) is 4.72 Å². The molecule has 0 amide bonds. The van der Waals surface area contributed by atoms with Crippen LogP contribution in [0.3, 0.4) is 0 Å². The van der Waals surface area contributed by atoms with E-state index in [2.05, 4.69) is 30.4 Å². The van der Waals surface area contributed by atoms with Gasteiger partial charge in [-0.3, -0.25) is 4.79 Å². The van der Waals surface area contributed by atoms with E-state index in [1.807, 2.05) is 0 Å². The molecule has 1 N–H and O–H groups in total. The number of nitrogens with zero attached hydrogens (tertiary/aromatic N) is 1. The highest BCUT2D eigenvalue weighted by Gasteiger charge is 2.20. The first kappa shape index (κ1) is 15.4. The summed E-state index contributed by atoms with van der Waals surface area (Å²) >= 11 is 8.78. The molecule has 0 aliphatic carbocycles. The first-order valence-electron chi connectivity index (χ1n) is 4.83. The maximum atomic E-state index is 11.8. The van der Waals surface area contributed by atoms with Crippen molar-refractivity contribution in [3.05, 3.63) is 21.9 Å². The van der Waals surface area contributed by atoms with Crippen molar-refractivity contribution in [3.63, 3.8) is 0 Å². The van der Waals surface area contributed by atoms with Gasteiger partial charge in [-0.05, 0) is 28.9 Å². The summed E-state index contributed by atoms with van der Waals surface area (Å²) in [5, 5.41) is -0.172. The number of esters is 1. The number of carbonyl (C=O) groups excluding carboxylic acids is 1. The van der Waals surface area contributed by atoms with Gasteiger partial charge in [-0.25, -0.2) is 13.4 Å². The van der Waals surface area contributed by atoms with E-state index in [4.69, 9.17) is 11.6 Å². The van der Waals surface area contributed by atoms with Crippen LogP contribution in [0.4, 0.5) is 0 Å². The third kappa shape index (κ3) is 4.20. The lowest BCUT2D eigenvalue weighted by atomic mass is 10.5. The zero-order chi connectivity index (χ0) is 13.8. The van der Waals surface area contributed by atoms with Crippen LogP contribution in [0, 0.1) is 0 Å². The maximum absolute atomic E-state index is 11.8. The monoisotopic (exact) mass is 356 g/mol. The average Bonchev–Trinajstić information content (AvgIpc) is 2.30. The molecule has 9 heteroatoms. The lowest BCUT2D eigenvalue weighted by molar-refractivity contribution is -0.141. The van der Waals surface area contributed by atoms with Crippen molar-refractivity contribution in [1.82, 2.24) is 9.71 Å². The second-order valence-electron chi connectivity index (χ2n) is 3.07. The number of halogens is 2. The van der Waals surface area contributed by atoms with E-state index in [0.717, 1.165) is 0 Å². The number of sulfonamides is 1. The van der Waals surface area contributed by atoms with E-state index >= 15 is 0 Å². The first-order valence-corrected chi connectivity index (χ1v) is 7.48. The van der Waals surface area contributed by atoms with Crippen LogP contribution in [0.25, 0.3) is 0 Å². The SMILES string of the molecule is CCOC(=O)CNS(=O)(=O)c1cc(Br)cnc1Cl. The molecule has 1 aromatic heterocycles. The van der Waals surface area contributed by atoms with Crippen molar-refractivity contribution < 1.29 is 17.9 Å². The van der Waals surface area contributed by atoms with Crippen LogP contribution in [0.15, 0.2) is 21.6 Å². The summed E-state index contributed by atoms with van der Waals surface area (Å²) in [4.78, 5) is 14.6. The Balaban J connectivity index is 2.87. The van der Waals surface area contributed by atoms with Crippen LogP contribution in [0.1, 0.15) is 6.92 Å². The molecule has 0 aliphatic heterocycles. The van der Waals surface area contributed by atoms with Crippen LogP contribution in [-0.4, -0.2) is 32.5 Å². The van der Waals surface area contributed by atoms with Gasteiger partial charge >= 0.3 is 5.97 Å². The number of pyridine rings is 1. The summed E-state index contributed by atoms with van der Waals surface area (Å²) < 4.78 is 30.8. The van der Waals surface area contributed by atoms with Crippen LogP contribution < -0.4 is 4.72 Å². The smallest absolute Gasteiger partial charge is 0.321 e. The van der Waals surface area contributed by atoms with E-state index in [1.54, 1.807) is 6.92 Å². The minimum atomic E-state index is -3.90. The molecule has 100 valence electrons. The third-order valence-electron chi connectivity index (χ3n) is 1.77. The Kier molecular flexibility index (Phi) is 5.51. The van der Waals surface area contributed by atoms with Crippen LogP contribution in [-0.2, 0) is 19.6 Å². The summed E-state index contributed by atoms with van der Waals surface area (Å²) in [6.45, 7) is 1.35. The van der Waals surface area contributed by atoms with Crippen LogP contribution in [0.5, 0.6) is 0 Å². The average molecular weight is 358 g/mol. The van der Waals surface area contributed by atoms with Gasteiger partial charge in [0.2, 0.25) is 10.0 Å². The Morgan fingerprint density at radius 3 is 2.89 bits per heavy atom. The lowest BCUT2D eigenvalue weighted by Crippen LogP contribution is -2.31. The zero-order valence-corrected chi connectivity index (χ0v) is 12.5. The predicted octanol–water partition coefficient (Wildman–Crippen LogP) is 1.34. The second kappa shape index (κ2) is 6.46. The van der Waals surface area contributed by atoms with Crippen LogP contribution in [0.2, 0.25) is 5.15 Å². The summed E-state index contributed by atoms with van der Waals surface area (Å²) in [5.74, 6) is -0.667. The largest absolute Gasteiger partial charge is 0.465 e. The van der Waals surface area contributed by atoms with Crippen molar-refractivity contribution in [2.24, 2.45) is 0 Å². The number of ether oxygens (including phenoxy) is 1. The minimum absolute atomic E-state index is 0.172. The van der Waals surface area contributed by atoms with Gasteiger partial charge in [0.25, 0.3) is 0 Å². The summed E-state index contributed by atoms with van der Waals surface area (Å²) in [6, 6.07) is 1.29. The fourth-order valence-corrected chi connectivity index (χ4v) is 2.95. The van der Waals surface area contributed by atoms with Crippen molar-refractivity contribution in [1.29, 1.82) is 0 Å². The van der Waals surface area contributed by atoms with E-state index in [9.17, 15) is 13.2 Å². The topological polar surface area (TPSA) is 85.4 Å². The third-order valence-corrected chi connectivity index (χ3v) is 4.04. The quantitative estimate of drug-likeness (QED) is 0.635. The molecule has 0 aliphatic rings. The highest BCUT2D eigenvalue weighted by atomic mass is 79.9. The summed E-state index contributed by atoms with van der Waals surface area (Å²) in [6.07, 6.45) is 1.37. The van der Waals surface area contributed by atoms with E-state index < -0.39 is 22.5 Å². The van der Waals surface area contributed by atoms with Gasteiger partial charge in [0, 0.05) is 10.7 Å². The molecule has 1 rings (SSSR count). The van der Waals surface area contributed by atoms with E-state index in [1.165, 1.54) is 12.3 Å². The molecule has 0 fully saturated rings. The number of hydrogen-bond donors (Lipinski definition) is 1. The normalized spacial score (nSPS) is 11.3. The van der Waals surface area contributed by atoms with E-state index in [0.29, 0.717) is 4.47 Å². The molecule has 0 radical (unpaired) electrons. The molecule has 0 bridgehead atoms. The standard InChI is InChI=1S/C9H10BrClN2O4S/c1-2-17-8(14)5-13-18(15,16)7-3-6(10)4-12-9(7)11/h3-4,13H,2,5H2,1H3. The molecule has 0 aromatic carbocycles. The molecule has 6 nitrogen and oxygen atoms in total. The number of carbonyl (C=O) groups is 1. The molecule has 1 heterocycles. The van der Waals surface area contributed by atoms with Crippen molar-refractivity contribution in [2.75, 3.05) is 13.2 Å². The Hall–Kier alpha value is -0.700. The molecule has 0 saturated carbocycles.